The Bertz CT molecular complexity index is 292. The molecule has 0 N–H and O–H groups in total. The van der Waals surface area contributed by atoms with Crippen molar-refractivity contribution in [1.82, 2.24) is 0 Å². The molecule has 0 atom stereocenters. The van der Waals surface area contributed by atoms with E-state index in [1.807, 2.05) is 11.5 Å². The smallest absolute Gasteiger partial charge is 0.137 e. The summed E-state index contributed by atoms with van der Waals surface area (Å²) >= 11 is 0. The SMILES string of the molecule is O=S=S1(=S=O)CCC=CS1. The first kappa shape index (κ1) is 8.58. The summed E-state index contributed by atoms with van der Waals surface area (Å²) in [5.41, 5.74) is 0. The highest BCUT2D eigenvalue weighted by molar-refractivity contribution is 8.99. The van der Waals surface area contributed by atoms with Crippen LogP contribution in [0.2, 0.25) is 0 Å². The Labute approximate surface area is 69.4 Å². The van der Waals surface area contributed by atoms with E-state index in [0.29, 0.717) is 20.5 Å². The van der Waals surface area contributed by atoms with Crippen LogP contribution in [0, 0.1) is 0 Å². The summed E-state index contributed by atoms with van der Waals surface area (Å²) in [7, 11) is 2.39. The van der Waals surface area contributed by atoms with Crippen LogP contribution < -0.4 is 0 Å². The van der Waals surface area contributed by atoms with Crippen LogP contribution in [0.3, 0.4) is 0 Å². The van der Waals surface area contributed by atoms with E-state index < -0.39 is 6.18 Å². The summed E-state index contributed by atoms with van der Waals surface area (Å²) in [6, 6.07) is 0. The average molecular weight is 214 g/mol. The quantitative estimate of drug-likeness (QED) is 0.563. The number of rotatable bonds is 0. The molecule has 0 unspecified atom stereocenters. The minimum atomic E-state index is -1.52. The van der Waals surface area contributed by atoms with Gasteiger partial charge in [0.05, 0.1) is 0 Å². The topological polar surface area (TPSA) is 34.1 Å². The van der Waals surface area contributed by atoms with Crippen LogP contribution in [0.5, 0.6) is 0 Å². The zero-order valence-corrected chi connectivity index (χ0v) is 8.28. The Hall–Kier alpha value is 0.480. The second-order valence-electron chi connectivity index (χ2n) is 1.65. The minimum absolute atomic E-state index is 0.489. The first-order chi connectivity index (χ1) is 4.83. The van der Waals surface area contributed by atoms with Gasteiger partial charge in [0.15, 0.2) is 0 Å². The van der Waals surface area contributed by atoms with Crippen molar-refractivity contribution in [2.45, 2.75) is 6.42 Å². The van der Waals surface area contributed by atoms with Crippen molar-refractivity contribution in [3.8, 4) is 0 Å². The van der Waals surface area contributed by atoms with Crippen molar-refractivity contribution in [2.75, 3.05) is 5.75 Å². The Morgan fingerprint density at radius 1 is 1.40 bits per heavy atom. The highest BCUT2D eigenvalue weighted by atomic mass is 33.5. The molecule has 6 heteroatoms. The van der Waals surface area contributed by atoms with Gasteiger partial charge in [-0.3, -0.25) is 0 Å². The van der Waals surface area contributed by atoms with Gasteiger partial charge >= 0.3 is 0 Å². The van der Waals surface area contributed by atoms with Crippen molar-refractivity contribution in [3.63, 3.8) is 0 Å². The van der Waals surface area contributed by atoms with E-state index in [2.05, 4.69) is 0 Å². The van der Waals surface area contributed by atoms with Crippen LogP contribution >= 0.6 is 10.8 Å². The summed E-state index contributed by atoms with van der Waals surface area (Å²) in [4.78, 5) is 0. The van der Waals surface area contributed by atoms with Gasteiger partial charge in [-0.2, -0.15) is 0 Å². The first-order valence-electron chi connectivity index (χ1n) is 2.60. The van der Waals surface area contributed by atoms with Gasteiger partial charge in [-0.05, 0) is 11.8 Å². The fraction of sp³-hybridized carbons (Fsp3) is 0.500. The summed E-state index contributed by atoms with van der Waals surface area (Å²) in [5.74, 6) is 0.760. The van der Waals surface area contributed by atoms with E-state index in [-0.39, 0.29) is 0 Å². The number of hydrogen-bond donors (Lipinski definition) is 0. The Balaban J connectivity index is 3.24. The first-order valence-corrected chi connectivity index (χ1v) is 8.31. The molecule has 0 radical (unpaired) electrons. The molecule has 0 fully saturated rings. The van der Waals surface area contributed by atoms with E-state index in [9.17, 15) is 8.42 Å². The van der Waals surface area contributed by atoms with Gasteiger partial charge in [-0.1, -0.05) is 16.9 Å². The predicted octanol–water partition coefficient (Wildman–Crippen LogP) is 0.962. The maximum absolute atomic E-state index is 10.5. The fourth-order valence-electron chi connectivity index (χ4n) is 0.564. The molecule has 1 heterocycles. The zero-order valence-electron chi connectivity index (χ0n) is 5.02. The molecule has 0 bridgehead atoms. The van der Waals surface area contributed by atoms with Crippen molar-refractivity contribution in [2.24, 2.45) is 0 Å². The molecule has 0 aromatic rings. The highest BCUT2D eigenvalue weighted by Gasteiger charge is 2.07. The minimum Gasteiger partial charge on any atom is -0.204 e. The van der Waals surface area contributed by atoms with E-state index in [4.69, 9.17) is 0 Å². The lowest BCUT2D eigenvalue weighted by molar-refractivity contribution is 0.701. The summed E-state index contributed by atoms with van der Waals surface area (Å²) in [6.45, 7) is 0. The normalized spacial score (nSPS) is 22.0. The summed E-state index contributed by atoms with van der Waals surface area (Å²) in [5, 5.41) is 1.87. The number of hydrogen-bond acceptors (Lipinski definition) is 3. The molecule has 1 rings (SSSR count). The van der Waals surface area contributed by atoms with Crippen LogP contribution in [0.4, 0.5) is 0 Å². The molecular formula is C4H6O2S4. The second kappa shape index (κ2) is 3.75. The highest BCUT2D eigenvalue weighted by Crippen LogP contribution is 2.22. The Morgan fingerprint density at radius 2 is 2.10 bits per heavy atom. The van der Waals surface area contributed by atoms with Gasteiger partial charge in [-0.25, -0.2) is 8.42 Å². The Morgan fingerprint density at radius 3 is 2.40 bits per heavy atom. The fourth-order valence-corrected chi connectivity index (χ4v) is 5.86. The van der Waals surface area contributed by atoms with Crippen molar-refractivity contribution in [1.29, 1.82) is 0 Å². The average Bonchev–Trinajstić information content (AvgIpc) is 2.06. The lowest BCUT2D eigenvalue weighted by atomic mass is 10.5. The van der Waals surface area contributed by atoms with E-state index in [0.717, 1.165) is 12.2 Å². The van der Waals surface area contributed by atoms with Gasteiger partial charge in [-0.15, -0.1) is 0 Å². The third-order valence-electron chi connectivity index (χ3n) is 1.04. The molecule has 0 saturated heterocycles. The molecule has 0 aliphatic carbocycles. The molecular weight excluding hydrogens is 208 g/mol. The van der Waals surface area contributed by atoms with Gasteiger partial charge in [0.1, 0.15) is 20.5 Å². The third-order valence-corrected chi connectivity index (χ3v) is 10.2. The van der Waals surface area contributed by atoms with Gasteiger partial charge in [0, 0.05) is 11.9 Å². The number of allylic oxidation sites excluding steroid dienone is 1. The molecule has 2 nitrogen and oxygen atoms in total. The van der Waals surface area contributed by atoms with Gasteiger partial charge in [0.25, 0.3) is 0 Å². The summed E-state index contributed by atoms with van der Waals surface area (Å²) < 4.78 is 21.0. The van der Waals surface area contributed by atoms with Gasteiger partial charge < -0.3 is 0 Å². The van der Waals surface area contributed by atoms with Crippen molar-refractivity contribution in [3.05, 3.63) is 11.5 Å². The molecule has 0 aromatic carbocycles. The lowest BCUT2D eigenvalue weighted by Gasteiger charge is -2.06. The third kappa shape index (κ3) is 1.75. The van der Waals surface area contributed by atoms with E-state index in [1.54, 1.807) is 0 Å². The molecule has 0 amide bonds. The van der Waals surface area contributed by atoms with E-state index >= 15 is 0 Å². The maximum Gasteiger partial charge on any atom is 0.137 e. The monoisotopic (exact) mass is 214 g/mol. The molecule has 0 spiro atoms. The maximum atomic E-state index is 10.5. The molecule has 0 saturated carbocycles. The predicted molar refractivity (Wildman–Crippen MR) is 49.9 cm³/mol. The molecule has 10 heavy (non-hydrogen) atoms. The zero-order chi connectivity index (χ0) is 7.45. The second-order valence-corrected chi connectivity index (χ2v) is 12.3. The van der Waals surface area contributed by atoms with Crippen molar-refractivity contribution >= 4 is 37.4 Å². The molecule has 0 aromatic heterocycles. The van der Waals surface area contributed by atoms with Crippen LogP contribution in [0.15, 0.2) is 11.5 Å². The molecule has 1 aliphatic rings. The largest absolute Gasteiger partial charge is 0.204 e. The standard InChI is InChI=1S/C4H6O2S4/c5-8-10(9-6)4-2-1-3-7-10/h1,3H,2,4H2. The Kier molecular flexibility index (Phi) is 3.22. The van der Waals surface area contributed by atoms with Crippen LogP contribution in [-0.2, 0) is 26.6 Å². The van der Waals surface area contributed by atoms with Crippen LogP contribution in [-0.4, -0.2) is 14.2 Å². The molecule has 1 aliphatic heterocycles. The van der Waals surface area contributed by atoms with Crippen LogP contribution in [0.25, 0.3) is 0 Å². The summed E-state index contributed by atoms with van der Waals surface area (Å²) in [6.07, 6.45) is 1.36. The van der Waals surface area contributed by atoms with Crippen LogP contribution in [0.1, 0.15) is 6.42 Å². The lowest BCUT2D eigenvalue weighted by Crippen LogP contribution is -2.00. The van der Waals surface area contributed by atoms with Crippen molar-refractivity contribution < 1.29 is 8.42 Å². The van der Waals surface area contributed by atoms with Gasteiger partial charge in [0.2, 0.25) is 0 Å². The van der Waals surface area contributed by atoms with E-state index in [1.165, 1.54) is 10.8 Å². The molecule has 58 valence electrons.